The van der Waals surface area contributed by atoms with Crippen LogP contribution in [0.25, 0.3) is 0 Å². The van der Waals surface area contributed by atoms with Gasteiger partial charge in [-0.1, -0.05) is 23.7 Å². The van der Waals surface area contributed by atoms with E-state index < -0.39 is 90.4 Å². The highest BCUT2D eigenvalue weighted by Crippen LogP contribution is 2.70. The Hall–Kier alpha value is -5.14. The minimum Gasteiger partial charge on any atom is -0.463 e. The first-order valence-corrected chi connectivity index (χ1v) is 21.3. The third kappa shape index (κ3) is 8.27. The average Bonchev–Trinajstić information content (AvgIpc) is 3.52. The van der Waals surface area contributed by atoms with Crippen LogP contribution in [0.15, 0.2) is 36.4 Å². The van der Waals surface area contributed by atoms with Crippen molar-refractivity contribution < 1.29 is 81.3 Å². The summed E-state index contributed by atoms with van der Waals surface area (Å²) in [6.07, 6.45) is -2.35. The van der Waals surface area contributed by atoms with E-state index in [1.807, 2.05) is 6.07 Å². The zero-order chi connectivity index (χ0) is 45.0. The van der Waals surface area contributed by atoms with Crippen molar-refractivity contribution in [1.82, 2.24) is 5.06 Å². The summed E-state index contributed by atoms with van der Waals surface area (Å²) in [4.78, 5) is 104. The molecular formula is C44H48ClNO17. The molecule has 2 aromatic rings. The van der Waals surface area contributed by atoms with E-state index in [1.54, 1.807) is 18.2 Å². The topological polar surface area (TPSA) is 215 Å². The molecule has 4 unspecified atom stereocenters. The lowest BCUT2D eigenvalue weighted by atomic mass is 9.47. The summed E-state index contributed by atoms with van der Waals surface area (Å²) >= 11 is 7.40. The SMILES string of the molecule is COC1(c2cc(Cc3ccc(C(=O)ON4C(=O)CCC4=O)cc3)cc(O[C@@H]3OC(COC(C)=O)[C@H](OC(C)=O)C(OC(C)=O)C3OC(C)=O)c2Cl)OOC12C1CC3CC(C1)CC2C3. The van der Waals surface area contributed by atoms with Crippen molar-refractivity contribution >= 4 is 53.3 Å². The van der Waals surface area contributed by atoms with Gasteiger partial charge in [-0.3, -0.25) is 28.8 Å². The summed E-state index contributed by atoms with van der Waals surface area (Å²) in [6.45, 7) is 4.05. The molecule has 0 N–H and O–H groups in total. The molecule has 4 bridgehead atoms. The van der Waals surface area contributed by atoms with Crippen LogP contribution in [0.3, 0.4) is 0 Å². The van der Waals surface area contributed by atoms with Crippen molar-refractivity contribution in [2.45, 2.75) is 121 Å². The first-order chi connectivity index (χ1) is 30.0. The molecule has 338 valence electrons. The number of hydroxylamine groups is 2. The first kappa shape index (κ1) is 44.5. The van der Waals surface area contributed by atoms with Gasteiger partial charge in [-0.2, -0.15) is 4.89 Å². The number of halogens is 1. The van der Waals surface area contributed by atoms with E-state index in [2.05, 4.69) is 0 Å². The molecule has 6 atom stereocenters. The minimum absolute atomic E-state index is 0.00361. The number of nitrogens with zero attached hydrogens (tertiary/aromatic N) is 1. The molecule has 2 aromatic carbocycles. The Bertz CT molecular complexity index is 2150. The first-order valence-electron chi connectivity index (χ1n) is 20.9. The van der Waals surface area contributed by atoms with Gasteiger partial charge in [-0.25, -0.2) is 9.68 Å². The van der Waals surface area contributed by atoms with Crippen LogP contribution in [0.2, 0.25) is 5.02 Å². The number of imide groups is 1. The Balaban J connectivity index is 1.18. The number of rotatable bonds is 13. The molecule has 0 aromatic heterocycles. The maximum atomic E-state index is 12.9. The number of benzene rings is 2. The summed E-state index contributed by atoms with van der Waals surface area (Å²) < 4.78 is 41.4. The van der Waals surface area contributed by atoms with E-state index in [-0.39, 0.29) is 47.4 Å². The third-order valence-electron chi connectivity index (χ3n) is 12.9. The van der Waals surface area contributed by atoms with Crippen LogP contribution in [-0.4, -0.2) is 96.7 Å². The van der Waals surface area contributed by atoms with Gasteiger partial charge in [0.05, 0.1) is 10.6 Å². The zero-order valence-electron chi connectivity index (χ0n) is 35.3. The standard InChI is InChI=1S/C44H48ClNO17/c1-21(47)55-20-34-38(56-22(2)48)39(57-23(3)49)40(58-24(4)50)42(60-34)59-33-19-28(12-25-6-8-29(9-7-25)41(53)61-46-35(51)10-11-36(46)52)18-32(37(33)45)44(54-5)43(62-63-44)30-14-26-13-27(16-30)17-31(43)15-26/h6-9,18-19,26-27,30-31,34,38-40,42H,10-17,20H2,1-5H3/t26?,27?,30?,31?,34?,38-,39?,40?,42+,43?,44?/m0/s1. The fraction of sp³-hybridized carbons (Fsp3) is 0.568. The fourth-order valence-corrected chi connectivity index (χ4v) is 10.9. The third-order valence-corrected chi connectivity index (χ3v) is 13.3. The Kier molecular flexibility index (Phi) is 12.3. The predicted octanol–water partition coefficient (Wildman–Crippen LogP) is 4.57. The van der Waals surface area contributed by atoms with Gasteiger partial charge in [-0.05, 0) is 97.6 Å². The van der Waals surface area contributed by atoms with Crippen molar-refractivity contribution in [2.75, 3.05) is 13.7 Å². The molecule has 9 rings (SSSR count). The number of hydrogen-bond donors (Lipinski definition) is 0. The maximum absolute atomic E-state index is 12.9. The predicted molar refractivity (Wildman–Crippen MR) is 210 cm³/mol. The van der Waals surface area contributed by atoms with Crippen LogP contribution in [0.1, 0.15) is 99.7 Å². The lowest BCUT2D eigenvalue weighted by Gasteiger charge is -2.68. The molecule has 0 radical (unpaired) electrons. The summed E-state index contributed by atoms with van der Waals surface area (Å²) in [6, 6.07) is 9.79. The highest BCUT2D eigenvalue weighted by molar-refractivity contribution is 6.33. The molecule has 3 heterocycles. The Labute approximate surface area is 366 Å². The van der Waals surface area contributed by atoms with Gasteiger partial charge < -0.3 is 38.0 Å². The highest BCUT2D eigenvalue weighted by Gasteiger charge is 2.77. The number of ether oxygens (including phenoxy) is 7. The molecule has 4 saturated carbocycles. The van der Waals surface area contributed by atoms with Gasteiger partial charge >= 0.3 is 29.8 Å². The van der Waals surface area contributed by atoms with Crippen molar-refractivity contribution in [3.05, 3.63) is 63.7 Å². The number of hydrogen-bond acceptors (Lipinski definition) is 17. The number of carbonyl (C=O) groups is 7. The molecule has 4 aliphatic carbocycles. The van der Waals surface area contributed by atoms with Crippen LogP contribution in [0.5, 0.6) is 5.75 Å². The molecule has 3 aliphatic heterocycles. The summed E-state index contributed by atoms with van der Waals surface area (Å²) in [7, 11) is 1.53. The smallest absolute Gasteiger partial charge is 0.363 e. The normalized spacial score (nSPS) is 32.8. The molecular weight excluding hydrogens is 850 g/mol. The van der Waals surface area contributed by atoms with Crippen molar-refractivity contribution in [1.29, 1.82) is 0 Å². The Morgan fingerprint density at radius 2 is 1.33 bits per heavy atom. The van der Waals surface area contributed by atoms with Gasteiger partial charge in [0.1, 0.15) is 18.5 Å². The number of amides is 2. The summed E-state index contributed by atoms with van der Waals surface area (Å²) in [5, 5.41) is 0.515. The van der Waals surface area contributed by atoms with Crippen LogP contribution >= 0.6 is 11.6 Å². The van der Waals surface area contributed by atoms with Gasteiger partial charge in [0.15, 0.2) is 17.8 Å². The van der Waals surface area contributed by atoms with Crippen LogP contribution in [0.4, 0.5) is 0 Å². The Morgan fingerprint density at radius 1 is 0.746 bits per heavy atom. The molecule has 3 saturated heterocycles. The molecule has 19 heteroatoms. The second kappa shape index (κ2) is 17.4. The van der Waals surface area contributed by atoms with E-state index in [9.17, 15) is 33.6 Å². The second-order valence-electron chi connectivity index (χ2n) is 17.1. The fourth-order valence-electron chi connectivity index (χ4n) is 10.6. The van der Waals surface area contributed by atoms with Crippen LogP contribution < -0.4 is 4.74 Å². The van der Waals surface area contributed by atoms with Gasteiger partial charge in [0, 0.05) is 53.2 Å². The Morgan fingerprint density at radius 3 is 1.87 bits per heavy atom. The maximum Gasteiger partial charge on any atom is 0.363 e. The van der Waals surface area contributed by atoms with Gasteiger partial charge in [0.25, 0.3) is 17.6 Å². The van der Waals surface area contributed by atoms with Gasteiger partial charge in [0.2, 0.25) is 12.4 Å². The van der Waals surface area contributed by atoms with E-state index >= 15 is 0 Å². The van der Waals surface area contributed by atoms with Gasteiger partial charge in [-0.15, -0.1) is 5.06 Å². The summed E-state index contributed by atoms with van der Waals surface area (Å²) in [5.41, 5.74) is 0.891. The lowest BCUT2D eigenvalue weighted by molar-refractivity contribution is -0.645. The monoisotopic (exact) mass is 897 g/mol. The molecule has 1 spiro atoms. The van der Waals surface area contributed by atoms with E-state index in [4.69, 9.17) is 59.4 Å². The molecule has 7 aliphatic rings. The quantitative estimate of drug-likeness (QED) is 0.117. The average molecular weight is 898 g/mol. The van der Waals surface area contributed by atoms with Crippen LogP contribution in [-0.2, 0) is 84.0 Å². The van der Waals surface area contributed by atoms with E-state index in [0.717, 1.165) is 46.5 Å². The molecule has 63 heavy (non-hydrogen) atoms. The molecule has 2 amide bonds. The molecule has 18 nitrogen and oxygen atoms in total. The van der Waals surface area contributed by atoms with Crippen molar-refractivity contribution in [2.24, 2.45) is 23.7 Å². The van der Waals surface area contributed by atoms with Crippen molar-refractivity contribution in [3.8, 4) is 5.75 Å². The van der Waals surface area contributed by atoms with E-state index in [1.165, 1.54) is 32.6 Å². The largest absolute Gasteiger partial charge is 0.463 e. The second-order valence-corrected chi connectivity index (χ2v) is 17.4. The minimum atomic E-state index is -1.61. The summed E-state index contributed by atoms with van der Waals surface area (Å²) in [5.74, 6) is -5.36. The number of methoxy groups -OCH3 is 1. The number of carbonyl (C=O) groups excluding carboxylic acids is 7. The van der Waals surface area contributed by atoms with Crippen LogP contribution in [0, 0.1) is 23.7 Å². The van der Waals surface area contributed by atoms with E-state index in [0.29, 0.717) is 33.6 Å². The highest BCUT2D eigenvalue weighted by atomic mass is 35.5. The number of esters is 4. The van der Waals surface area contributed by atoms with Crippen molar-refractivity contribution in [3.63, 3.8) is 0 Å². The lowest BCUT2D eigenvalue weighted by Crippen LogP contribution is -2.76. The zero-order valence-corrected chi connectivity index (χ0v) is 36.0. The molecule has 7 fully saturated rings.